The molecule has 0 spiro atoms. The molecular weight excluding hydrogens is 685 g/mol. The summed E-state index contributed by atoms with van der Waals surface area (Å²) < 4.78 is 2.05. The molecule has 2 saturated heterocycles. The molecule has 2 aliphatic heterocycles. The van der Waals surface area contributed by atoms with Gasteiger partial charge in [0.25, 0.3) is 0 Å². The third-order valence-corrected chi connectivity index (χ3v) is 11.6. The van der Waals surface area contributed by atoms with Crippen molar-refractivity contribution in [1.82, 2.24) is 34.7 Å². The molecule has 6 heterocycles. The van der Waals surface area contributed by atoms with Gasteiger partial charge in [-0.25, -0.2) is 14.5 Å². The number of H-pyrrole nitrogens is 2. The Balaban J connectivity index is 1.23. The summed E-state index contributed by atoms with van der Waals surface area (Å²) in [5.41, 5.74) is 2.50. The summed E-state index contributed by atoms with van der Waals surface area (Å²) in [7, 11) is 0. The molecule has 2 amide bonds. The van der Waals surface area contributed by atoms with Gasteiger partial charge in [-0.2, -0.15) is 0 Å². The number of likely N-dealkylation sites (tertiary alicyclic amines) is 2. The largest absolute Gasteiger partial charge is 0.364 e. The molecule has 0 bridgehead atoms. The minimum absolute atomic E-state index is 0.00243. The first-order chi connectivity index (χ1) is 26.1. The van der Waals surface area contributed by atoms with Crippen LogP contribution in [0.4, 0.5) is 11.6 Å². The number of Topliss-reactive ketones (excluding diaryl/α,β-unsaturated/α-hetero) is 2. The maximum atomic E-state index is 13.7. The normalized spacial score (nSPS) is 21.9. The Hall–Kier alpha value is -5.40. The molecule has 3 fully saturated rings. The van der Waals surface area contributed by atoms with E-state index in [0.29, 0.717) is 79.4 Å². The second-order valence-electron chi connectivity index (χ2n) is 15.6. The highest BCUT2D eigenvalue weighted by atomic mass is 16.2. The van der Waals surface area contributed by atoms with Crippen LogP contribution in [0.15, 0.2) is 50.4 Å². The predicted octanol–water partition coefficient (Wildman–Crippen LogP) is 4.68. The monoisotopic (exact) mass is 735 g/mol. The molecule has 284 valence electrons. The first-order valence-electron chi connectivity index (χ1n) is 19.2. The quantitative estimate of drug-likeness (QED) is 0.0864. The fraction of sp³-hybridized carbons (Fsp3) is 0.500. The summed E-state index contributed by atoms with van der Waals surface area (Å²) in [5.74, 6) is 1.48. The fourth-order valence-corrected chi connectivity index (χ4v) is 8.14. The van der Waals surface area contributed by atoms with E-state index in [2.05, 4.69) is 50.7 Å². The lowest BCUT2D eigenvalue weighted by Gasteiger charge is -2.38. The number of hydrogen-bond acceptors (Lipinski definition) is 9. The molecule has 4 aromatic rings. The van der Waals surface area contributed by atoms with Crippen molar-refractivity contribution in [2.75, 3.05) is 36.8 Å². The second kappa shape index (κ2) is 15.5. The molecule has 1 saturated carbocycles. The highest BCUT2D eigenvalue weighted by molar-refractivity contribution is 6.12. The highest BCUT2D eigenvalue weighted by Crippen LogP contribution is 2.35. The third-order valence-electron chi connectivity index (χ3n) is 11.6. The number of ketones is 2. The van der Waals surface area contributed by atoms with Gasteiger partial charge >= 0.3 is 0 Å². The summed E-state index contributed by atoms with van der Waals surface area (Å²) in [5, 5.41) is 8.64. The van der Waals surface area contributed by atoms with Crippen molar-refractivity contribution in [3.05, 3.63) is 61.5 Å². The Bertz CT molecular complexity index is 2100. The van der Waals surface area contributed by atoms with E-state index in [1.807, 2.05) is 18.4 Å². The summed E-state index contributed by atoms with van der Waals surface area (Å²) in [6.45, 7) is 16.2. The number of rotatable bonds is 13. The Kier molecular flexibility index (Phi) is 10.6. The van der Waals surface area contributed by atoms with Crippen molar-refractivity contribution < 1.29 is 23.7 Å². The zero-order chi connectivity index (χ0) is 38.1. The van der Waals surface area contributed by atoms with Crippen LogP contribution < -0.4 is 15.2 Å². The number of carbonyl (C=O) groups is 4. The highest BCUT2D eigenvalue weighted by Gasteiger charge is 2.36. The number of aromatic amines is 2. The van der Waals surface area contributed by atoms with Gasteiger partial charge in [-0.1, -0.05) is 45.3 Å². The van der Waals surface area contributed by atoms with Gasteiger partial charge in [-0.3, -0.25) is 24.2 Å². The molecule has 1 aliphatic carbocycles. The van der Waals surface area contributed by atoms with E-state index < -0.39 is 0 Å². The molecule has 4 N–H and O–H groups in total. The maximum Gasteiger partial charge on any atom is 0.246 e. The average molecular weight is 736 g/mol. The van der Waals surface area contributed by atoms with Crippen LogP contribution in [0.25, 0.3) is 22.1 Å². The summed E-state index contributed by atoms with van der Waals surface area (Å²) in [6, 6.07) is -0.326. The molecular formula is C40H51N10O4+. The van der Waals surface area contributed by atoms with E-state index in [4.69, 9.17) is 4.98 Å². The van der Waals surface area contributed by atoms with Crippen molar-refractivity contribution >= 4 is 57.1 Å². The Morgan fingerprint density at radius 2 is 1.56 bits per heavy atom. The molecule has 3 aliphatic rings. The minimum atomic E-state index is -0.254. The standard InChI is InChI=1S/C40H50N10O4/c1-6-32(52)48-13-11-24(5)29(19-48)46-39-35-27(31(51)15-23(3)4)16-42-40(35)50(22-45-39)18-26-12-14-49(33(53)7-2)20-30(26)47-38-34-28(36(54)25-9-8-10-25)17-41-37(34)43-21-44-38/h6-7,16-17,21-26,29-30H,1-2,8-15,18-20H2,3-5H3,(H3,41,42,43,44,46,47,51,54)/p+1/t24-,26+,29+,30+/m1/s1. The van der Waals surface area contributed by atoms with E-state index in [1.165, 1.54) is 18.5 Å². The SMILES string of the molecule is C=CC(=O)N1CC[C@@H](C[n+]2cnc(N[C@H]3CN(C(=O)C=C)CC[C@H]3C)c3c(C(=O)CC(C)C)c[nH]c32)[C@@H](Nc2ncnc3[nH]cc(C(=O)C4CCC4)c23)C1. The van der Waals surface area contributed by atoms with Crippen LogP contribution in [-0.4, -0.2) is 96.4 Å². The van der Waals surface area contributed by atoms with E-state index in [1.54, 1.807) is 28.5 Å². The van der Waals surface area contributed by atoms with Gasteiger partial charge in [0.15, 0.2) is 11.6 Å². The van der Waals surface area contributed by atoms with Gasteiger partial charge in [-0.15, -0.1) is 0 Å². The zero-order valence-corrected chi connectivity index (χ0v) is 31.4. The molecule has 7 rings (SSSR count). The second-order valence-corrected chi connectivity index (χ2v) is 15.6. The van der Waals surface area contributed by atoms with Crippen molar-refractivity contribution in [3.8, 4) is 0 Å². The molecule has 4 atom stereocenters. The lowest BCUT2D eigenvalue weighted by Crippen LogP contribution is -2.54. The van der Waals surface area contributed by atoms with E-state index in [0.717, 1.165) is 36.7 Å². The number of aromatic nitrogens is 6. The van der Waals surface area contributed by atoms with Gasteiger partial charge < -0.3 is 25.4 Å². The van der Waals surface area contributed by atoms with E-state index in [-0.39, 0.29) is 59.1 Å². The van der Waals surface area contributed by atoms with E-state index in [9.17, 15) is 19.2 Å². The number of nitrogens with one attached hydrogen (secondary N) is 4. The van der Waals surface area contributed by atoms with Gasteiger partial charge in [0.1, 0.15) is 23.2 Å². The maximum absolute atomic E-state index is 13.7. The van der Waals surface area contributed by atoms with Gasteiger partial charge in [0.05, 0.1) is 29.7 Å². The number of anilines is 2. The van der Waals surface area contributed by atoms with Crippen molar-refractivity contribution in [3.63, 3.8) is 0 Å². The molecule has 14 nitrogen and oxygen atoms in total. The first kappa shape index (κ1) is 36.9. The van der Waals surface area contributed by atoms with Crippen LogP contribution in [0.5, 0.6) is 0 Å². The third kappa shape index (κ3) is 7.25. The van der Waals surface area contributed by atoms with E-state index >= 15 is 0 Å². The summed E-state index contributed by atoms with van der Waals surface area (Å²) in [4.78, 5) is 76.7. The van der Waals surface area contributed by atoms with Crippen LogP contribution in [0.3, 0.4) is 0 Å². The van der Waals surface area contributed by atoms with Crippen molar-refractivity contribution in [1.29, 1.82) is 0 Å². The number of fused-ring (bicyclic) bond motifs is 2. The lowest BCUT2D eigenvalue weighted by molar-refractivity contribution is -0.683. The van der Waals surface area contributed by atoms with Gasteiger partial charge in [-0.05, 0) is 49.7 Å². The number of hydrogen-bond donors (Lipinski definition) is 4. The number of carbonyl (C=O) groups excluding carboxylic acids is 4. The molecule has 0 aromatic carbocycles. The van der Waals surface area contributed by atoms with Crippen molar-refractivity contribution in [2.45, 2.75) is 77.9 Å². The van der Waals surface area contributed by atoms with Gasteiger partial charge in [0, 0.05) is 62.2 Å². The predicted molar refractivity (Wildman–Crippen MR) is 206 cm³/mol. The van der Waals surface area contributed by atoms with Crippen LogP contribution in [0.1, 0.15) is 80.0 Å². The van der Waals surface area contributed by atoms with Crippen LogP contribution in [0, 0.1) is 23.7 Å². The minimum Gasteiger partial charge on any atom is -0.364 e. The van der Waals surface area contributed by atoms with Crippen LogP contribution in [0.2, 0.25) is 0 Å². The molecule has 4 aromatic heterocycles. The summed E-state index contributed by atoms with van der Waals surface area (Å²) in [6.07, 6.45) is 14.2. The zero-order valence-electron chi connectivity index (χ0n) is 31.4. The topological polar surface area (TPSA) is 173 Å². The summed E-state index contributed by atoms with van der Waals surface area (Å²) >= 11 is 0. The molecule has 0 radical (unpaired) electrons. The first-order valence-corrected chi connectivity index (χ1v) is 19.2. The lowest BCUT2D eigenvalue weighted by atomic mass is 9.80. The molecule has 0 unspecified atom stereocenters. The van der Waals surface area contributed by atoms with Crippen LogP contribution >= 0.6 is 0 Å². The van der Waals surface area contributed by atoms with Crippen LogP contribution in [-0.2, 0) is 16.1 Å². The number of amides is 2. The molecule has 54 heavy (non-hydrogen) atoms. The number of piperidine rings is 2. The number of nitrogens with zero attached hydrogens (tertiary/aromatic N) is 6. The molecule has 14 heteroatoms. The Morgan fingerprint density at radius 3 is 2.24 bits per heavy atom. The smallest absolute Gasteiger partial charge is 0.246 e. The Morgan fingerprint density at radius 1 is 0.889 bits per heavy atom. The average Bonchev–Trinajstić information content (AvgIpc) is 3.79. The fourth-order valence-electron chi connectivity index (χ4n) is 8.14. The van der Waals surface area contributed by atoms with Crippen molar-refractivity contribution in [2.24, 2.45) is 23.7 Å². The Labute approximate surface area is 314 Å². The van der Waals surface area contributed by atoms with Gasteiger partial charge in [0.2, 0.25) is 29.6 Å².